The van der Waals surface area contributed by atoms with Crippen molar-refractivity contribution in [2.75, 3.05) is 6.54 Å². The SMILES string of the molecule is CC[Si](CC)(CC)OC(CNCc1cc(F)cc(F)c1)c1c(OCc2ccccc2)nc(OCc2ccccc2)nc1OCc1ccccc1. The summed E-state index contributed by atoms with van der Waals surface area (Å²) in [7, 11) is -2.26. The van der Waals surface area contributed by atoms with Crippen molar-refractivity contribution in [3.63, 3.8) is 0 Å². The highest BCUT2D eigenvalue weighted by atomic mass is 28.4. The third kappa shape index (κ3) is 10.4. The van der Waals surface area contributed by atoms with Crippen molar-refractivity contribution in [3.8, 4) is 17.8 Å². The number of aromatic nitrogens is 2. The lowest BCUT2D eigenvalue weighted by molar-refractivity contribution is 0.162. The van der Waals surface area contributed by atoms with E-state index in [0.29, 0.717) is 11.1 Å². The molecule has 0 radical (unpaired) electrons. The monoisotopic (exact) mass is 697 g/mol. The van der Waals surface area contributed by atoms with E-state index >= 15 is 0 Å². The average Bonchev–Trinajstić information content (AvgIpc) is 3.15. The van der Waals surface area contributed by atoms with Gasteiger partial charge in [-0.15, -0.1) is 0 Å². The molecule has 7 nitrogen and oxygen atoms in total. The van der Waals surface area contributed by atoms with Crippen LogP contribution in [0.25, 0.3) is 0 Å². The quantitative estimate of drug-likeness (QED) is 0.0863. The molecule has 0 aliphatic carbocycles. The first-order chi connectivity index (χ1) is 24.4. The Balaban J connectivity index is 1.57. The Kier molecular flexibility index (Phi) is 13.5. The van der Waals surface area contributed by atoms with Crippen LogP contribution >= 0.6 is 0 Å². The molecule has 1 N–H and O–H groups in total. The molecule has 1 atom stereocenters. The van der Waals surface area contributed by atoms with Crippen molar-refractivity contribution in [2.45, 2.75) is 71.4 Å². The van der Waals surface area contributed by atoms with Gasteiger partial charge in [0.25, 0.3) is 0 Å². The van der Waals surface area contributed by atoms with Crippen molar-refractivity contribution in [1.82, 2.24) is 15.3 Å². The molecule has 5 aromatic rings. The first-order valence-corrected chi connectivity index (χ1v) is 19.7. The van der Waals surface area contributed by atoms with Crippen LogP contribution < -0.4 is 19.5 Å². The van der Waals surface area contributed by atoms with E-state index in [0.717, 1.165) is 40.9 Å². The summed E-state index contributed by atoms with van der Waals surface area (Å²) in [6, 6.07) is 35.7. The van der Waals surface area contributed by atoms with Crippen LogP contribution in [0.4, 0.5) is 8.78 Å². The lowest BCUT2D eigenvalue weighted by Gasteiger charge is -2.34. The first-order valence-electron chi connectivity index (χ1n) is 17.2. The van der Waals surface area contributed by atoms with Gasteiger partial charge in [0.2, 0.25) is 11.8 Å². The van der Waals surface area contributed by atoms with Gasteiger partial charge in [-0.2, -0.15) is 9.97 Å². The second-order valence-corrected chi connectivity index (χ2v) is 16.8. The zero-order valence-corrected chi connectivity index (χ0v) is 29.9. The molecule has 50 heavy (non-hydrogen) atoms. The zero-order valence-electron chi connectivity index (χ0n) is 28.9. The summed E-state index contributed by atoms with van der Waals surface area (Å²) in [5, 5.41) is 3.38. The summed E-state index contributed by atoms with van der Waals surface area (Å²) < 4.78 is 54.4. The van der Waals surface area contributed by atoms with Crippen LogP contribution in [0, 0.1) is 11.6 Å². The maximum absolute atomic E-state index is 14.1. The molecule has 0 spiro atoms. The fourth-order valence-electron chi connectivity index (χ4n) is 5.71. The second kappa shape index (κ2) is 18.4. The van der Waals surface area contributed by atoms with E-state index in [4.69, 9.17) is 28.6 Å². The molecule has 0 aliphatic heterocycles. The number of nitrogens with one attached hydrogen (secondary N) is 1. The minimum atomic E-state index is -2.26. The van der Waals surface area contributed by atoms with Crippen molar-refractivity contribution >= 4 is 8.32 Å². The van der Waals surface area contributed by atoms with Crippen molar-refractivity contribution in [3.05, 3.63) is 149 Å². The third-order valence-corrected chi connectivity index (χ3v) is 13.4. The fraction of sp³-hybridized carbons (Fsp3) is 0.300. The van der Waals surface area contributed by atoms with Crippen LogP contribution in [0.15, 0.2) is 109 Å². The number of halogens is 2. The molecule has 0 aliphatic rings. The van der Waals surface area contributed by atoms with E-state index in [2.05, 4.69) is 26.1 Å². The van der Waals surface area contributed by atoms with E-state index in [-0.39, 0.29) is 50.7 Å². The average molecular weight is 698 g/mol. The molecule has 4 aromatic carbocycles. The Bertz CT molecular complexity index is 1670. The standard InChI is InChI=1S/C40H45F2N3O4Si/c1-4-50(5-2,6-3)49-36(26-43-25-33-22-34(41)24-35(42)23-33)37-38(46-27-30-16-10-7-11-17-30)44-40(48-29-32-20-14-9-15-21-32)45-39(37)47-28-31-18-12-8-13-19-31/h7-24,36,43H,4-6,25-29H2,1-3H3. The number of hydrogen-bond donors (Lipinski definition) is 1. The van der Waals surface area contributed by atoms with Gasteiger partial charge < -0.3 is 24.0 Å². The van der Waals surface area contributed by atoms with Crippen LogP contribution in [-0.4, -0.2) is 24.8 Å². The van der Waals surface area contributed by atoms with Crippen LogP contribution in [-0.2, 0) is 30.8 Å². The summed E-state index contributed by atoms with van der Waals surface area (Å²) in [5.74, 6) is -0.692. The number of nitrogens with zero attached hydrogens (tertiary/aromatic N) is 2. The van der Waals surface area contributed by atoms with Gasteiger partial charge >= 0.3 is 6.01 Å². The Morgan fingerprint density at radius 1 is 0.600 bits per heavy atom. The zero-order chi connectivity index (χ0) is 35.2. The van der Waals surface area contributed by atoms with Gasteiger partial charge in [-0.05, 0) is 52.5 Å². The van der Waals surface area contributed by atoms with Crippen LogP contribution in [0.3, 0.4) is 0 Å². The summed E-state index contributed by atoms with van der Waals surface area (Å²) in [6.07, 6.45) is -0.611. The van der Waals surface area contributed by atoms with Crippen molar-refractivity contribution in [1.29, 1.82) is 0 Å². The van der Waals surface area contributed by atoms with Crippen LogP contribution in [0.2, 0.25) is 18.1 Å². The molecule has 0 saturated heterocycles. The predicted molar refractivity (Wildman–Crippen MR) is 193 cm³/mol. The number of hydrogen-bond acceptors (Lipinski definition) is 7. The molecule has 0 saturated carbocycles. The van der Waals surface area contributed by atoms with Gasteiger partial charge in [-0.3, -0.25) is 0 Å². The van der Waals surface area contributed by atoms with Crippen molar-refractivity contribution < 1.29 is 27.4 Å². The number of benzene rings is 4. The highest BCUT2D eigenvalue weighted by Crippen LogP contribution is 2.39. The maximum Gasteiger partial charge on any atom is 0.323 e. The maximum atomic E-state index is 14.1. The third-order valence-electron chi connectivity index (χ3n) is 8.73. The van der Waals surface area contributed by atoms with Crippen LogP contribution in [0.1, 0.15) is 54.7 Å². The number of ether oxygens (including phenoxy) is 3. The van der Waals surface area contributed by atoms with Gasteiger partial charge in [0.05, 0.1) is 6.10 Å². The Labute approximate surface area is 294 Å². The Morgan fingerprint density at radius 2 is 1.04 bits per heavy atom. The Hall–Kier alpha value is -4.64. The van der Waals surface area contributed by atoms with Gasteiger partial charge in [-0.1, -0.05) is 112 Å². The fourth-order valence-corrected chi connectivity index (χ4v) is 8.51. The minimum Gasteiger partial charge on any atom is -0.472 e. The molecule has 1 aromatic heterocycles. The van der Waals surface area contributed by atoms with E-state index in [9.17, 15) is 8.78 Å². The minimum absolute atomic E-state index is 0.107. The van der Waals surface area contributed by atoms with Gasteiger partial charge in [0.15, 0.2) is 8.32 Å². The lowest BCUT2D eigenvalue weighted by Crippen LogP contribution is -2.40. The Morgan fingerprint density at radius 3 is 1.48 bits per heavy atom. The summed E-state index contributed by atoms with van der Waals surface area (Å²) in [4.78, 5) is 9.62. The molecular weight excluding hydrogens is 653 g/mol. The second-order valence-electron chi connectivity index (χ2n) is 12.1. The van der Waals surface area contributed by atoms with E-state index in [1.807, 2.05) is 91.0 Å². The molecule has 262 valence electrons. The molecule has 1 unspecified atom stereocenters. The largest absolute Gasteiger partial charge is 0.472 e. The van der Waals surface area contributed by atoms with E-state index in [1.165, 1.54) is 12.1 Å². The highest BCUT2D eigenvalue weighted by Gasteiger charge is 2.36. The summed E-state index contributed by atoms with van der Waals surface area (Å²) >= 11 is 0. The number of rotatable bonds is 19. The smallest absolute Gasteiger partial charge is 0.323 e. The molecule has 0 bridgehead atoms. The molecule has 5 rings (SSSR count). The summed E-state index contributed by atoms with van der Waals surface area (Å²) in [5.41, 5.74) is 3.90. The van der Waals surface area contributed by atoms with Crippen LogP contribution in [0.5, 0.6) is 17.8 Å². The molecule has 0 fully saturated rings. The van der Waals surface area contributed by atoms with Gasteiger partial charge in [0.1, 0.15) is 37.0 Å². The molecular formula is C40H45F2N3O4Si. The predicted octanol–water partition coefficient (Wildman–Crippen LogP) is 9.34. The highest BCUT2D eigenvalue weighted by molar-refractivity contribution is 6.73. The van der Waals surface area contributed by atoms with E-state index < -0.39 is 26.1 Å². The topological polar surface area (TPSA) is 74.7 Å². The summed E-state index contributed by atoms with van der Waals surface area (Å²) in [6.45, 7) is 7.71. The van der Waals surface area contributed by atoms with E-state index in [1.54, 1.807) is 0 Å². The lowest BCUT2D eigenvalue weighted by atomic mass is 10.1. The van der Waals surface area contributed by atoms with Crippen molar-refractivity contribution in [2.24, 2.45) is 0 Å². The molecule has 0 amide bonds. The normalized spacial score (nSPS) is 12.0. The van der Waals surface area contributed by atoms with Gasteiger partial charge in [-0.25, -0.2) is 8.78 Å². The van der Waals surface area contributed by atoms with Gasteiger partial charge in [0, 0.05) is 19.2 Å². The molecule has 10 heteroatoms. The molecule has 1 heterocycles. The first kappa shape index (κ1) is 36.6.